The van der Waals surface area contributed by atoms with E-state index in [-0.39, 0.29) is 24.7 Å². The molecular formula is C18H33N3O3. The summed E-state index contributed by atoms with van der Waals surface area (Å²) in [6, 6.07) is 0.851. The predicted molar refractivity (Wildman–Crippen MR) is 94.0 cm³/mol. The van der Waals surface area contributed by atoms with Gasteiger partial charge in [0.15, 0.2) is 0 Å². The molecule has 0 unspecified atom stereocenters. The Morgan fingerprint density at radius 1 is 1.08 bits per heavy atom. The predicted octanol–water partition coefficient (Wildman–Crippen LogP) is 2.53. The van der Waals surface area contributed by atoms with Crippen LogP contribution in [0.1, 0.15) is 58.8 Å². The minimum atomic E-state index is -0.785. The summed E-state index contributed by atoms with van der Waals surface area (Å²) in [5.41, 5.74) is 0. The summed E-state index contributed by atoms with van der Waals surface area (Å²) in [5.74, 6) is 0.0473. The maximum absolute atomic E-state index is 12.4. The van der Waals surface area contributed by atoms with Gasteiger partial charge in [0, 0.05) is 25.2 Å². The summed E-state index contributed by atoms with van der Waals surface area (Å²) >= 11 is 0. The van der Waals surface area contributed by atoms with Crippen molar-refractivity contribution in [3.63, 3.8) is 0 Å². The molecule has 0 heterocycles. The van der Waals surface area contributed by atoms with E-state index in [1.54, 1.807) is 0 Å². The number of nitrogens with one attached hydrogen (secondary N) is 1. The second kappa shape index (κ2) is 8.70. The van der Waals surface area contributed by atoms with Crippen LogP contribution in [0.25, 0.3) is 0 Å². The largest absolute Gasteiger partial charge is 0.480 e. The number of urea groups is 1. The highest BCUT2D eigenvalue weighted by Gasteiger charge is 2.36. The molecule has 2 aliphatic rings. The van der Waals surface area contributed by atoms with Crippen LogP contribution in [0.5, 0.6) is 0 Å². The first kappa shape index (κ1) is 19.0. The van der Waals surface area contributed by atoms with Gasteiger partial charge < -0.3 is 15.3 Å². The highest BCUT2D eigenvalue weighted by atomic mass is 16.4. The molecule has 0 aromatic carbocycles. The molecule has 2 rings (SSSR count). The average Bonchev–Trinajstić information content (AvgIpc) is 2.54. The van der Waals surface area contributed by atoms with Gasteiger partial charge in [-0.25, -0.2) is 4.79 Å². The lowest BCUT2D eigenvalue weighted by Gasteiger charge is -2.43. The van der Waals surface area contributed by atoms with Crippen LogP contribution >= 0.6 is 0 Å². The Balaban J connectivity index is 1.71. The number of amides is 2. The Morgan fingerprint density at radius 2 is 1.71 bits per heavy atom. The third kappa shape index (κ3) is 4.85. The number of nitrogens with zero attached hydrogens (tertiary/aromatic N) is 2. The number of carboxylic acid groups (broad SMARTS) is 1. The van der Waals surface area contributed by atoms with Gasteiger partial charge in [0.2, 0.25) is 0 Å². The van der Waals surface area contributed by atoms with E-state index >= 15 is 0 Å². The van der Waals surface area contributed by atoms with E-state index in [2.05, 4.69) is 12.2 Å². The number of carbonyl (C=O) groups is 2. The summed E-state index contributed by atoms with van der Waals surface area (Å²) in [6.07, 6.45) is 7.62. The maximum atomic E-state index is 12.4. The van der Waals surface area contributed by atoms with Gasteiger partial charge in [-0.15, -0.1) is 0 Å². The van der Waals surface area contributed by atoms with Crippen LogP contribution < -0.4 is 5.32 Å². The normalized spacial score (nSPS) is 29.8. The van der Waals surface area contributed by atoms with Crippen LogP contribution in [0.2, 0.25) is 0 Å². The summed E-state index contributed by atoms with van der Waals surface area (Å²) < 4.78 is 0. The molecular weight excluding hydrogens is 306 g/mol. The molecule has 2 fully saturated rings. The summed E-state index contributed by atoms with van der Waals surface area (Å²) in [4.78, 5) is 27.1. The van der Waals surface area contributed by atoms with E-state index < -0.39 is 5.97 Å². The number of hydrogen-bond acceptors (Lipinski definition) is 3. The molecule has 6 nitrogen and oxygen atoms in total. The zero-order valence-corrected chi connectivity index (χ0v) is 15.3. The smallest absolute Gasteiger partial charge is 0.317 e. The van der Waals surface area contributed by atoms with E-state index in [4.69, 9.17) is 5.11 Å². The third-order valence-electron chi connectivity index (χ3n) is 5.96. The van der Waals surface area contributed by atoms with Gasteiger partial charge in [-0.2, -0.15) is 0 Å². The number of rotatable bonds is 7. The molecule has 2 N–H and O–H groups in total. The minimum absolute atomic E-state index is 0.0275. The van der Waals surface area contributed by atoms with Crippen LogP contribution in [0.3, 0.4) is 0 Å². The zero-order chi connectivity index (χ0) is 17.7. The molecule has 2 saturated carbocycles. The van der Waals surface area contributed by atoms with E-state index in [1.807, 2.05) is 23.8 Å². The first-order valence-electron chi connectivity index (χ1n) is 9.43. The topological polar surface area (TPSA) is 72.9 Å². The second-order valence-corrected chi connectivity index (χ2v) is 7.42. The van der Waals surface area contributed by atoms with Gasteiger partial charge in [0.1, 0.15) is 0 Å². The molecule has 24 heavy (non-hydrogen) atoms. The highest BCUT2D eigenvalue weighted by Crippen LogP contribution is 2.30. The number of likely N-dealkylation sites (N-methyl/N-ethyl adjacent to an activating group) is 1. The molecule has 138 valence electrons. The van der Waals surface area contributed by atoms with E-state index in [0.717, 1.165) is 38.1 Å². The SMILES string of the molecule is CCC1CCC(N(C)C(=O)NC2CC(N(CC)CC(=O)O)C2)CC1. The lowest BCUT2D eigenvalue weighted by Crippen LogP contribution is -2.57. The summed E-state index contributed by atoms with van der Waals surface area (Å²) in [6.45, 7) is 5.05. The quantitative estimate of drug-likeness (QED) is 0.747. The molecule has 0 aromatic rings. The summed E-state index contributed by atoms with van der Waals surface area (Å²) in [7, 11) is 1.91. The van der Waals surface area contributed by atoms with Gasteiger partial charge in [-0.05, 0) is 51.0 Å². The van der Waals surface area contributed by atoms with Gasteiger partial charge in [0.25, 0.3) is 0 Å². The Labute approximate surface area is 145 Å². The summed E-state index contributed by atoms with van der Waals surface area (Å²) in [5, 5.41) is 12.0. The highest BCUT2D eigenvalue weighted by molar-refractivity contribution is 5.74. The van der Waals surface area contributed by atoms with E-state index in [9.17, 15) is 9.59 Å². The number of hydrogen-bond donors (Lipinski definition) is 2. The lowest BCUT2D eigenvalue weighted by molar-refractivity contribution is -0.139. The van der Waals surface area contributed by atoms with Crippen molar-refractivity contribution in [3.05, 3.63) is 0 Å². The van der Waals surface area contributed by atoms with Crippen molar-refractivity contribution < 1.29 is 14.7 Å². The number of carboxylic acids is 1. The van der Waals surface area contributed by atoms with Crippen LogP contribution in [0.4, 0.5) is 4.79 Å². The van der Waals surface area contributed by atoms with E-state index in [1.165, 1.54) is 19.3 Å². The average molecular weight is 339 g/mol. The fourth-order valence-corrected chi connectivity index (χ4v) is 4.06. The van der Waals surface area contributed by atoms with E-state index in [0.29, 0.717) is 6.04 Å². The maximum Gasteiger partial charge on any atom is 0.317 e. The molecule has 0 aromatic heterocycles. The van der Waals surface area contributed by atoms with Crippen LogP contribution in [-0.4, -0.2) is 65.2 Å². The standard InChI is InChI=1S/C18H33N3O3/c1-4-13-6-8-15(9-7-13)20(3)18(24)19-14-10-16(11-14)21(5-2)12-17(22)23/h13-16H,4-12H2,1-3H3,(H,19,24)(H,22,23). The molecule has 2 amide bonds. The lowest BCUT2D eigenvalue weighted by atomic mass is 9.84. The van der Waals surface area contributed by atoms with Crippen LogP contribution in [0.15, 0.2) is 0 Å². The van der Waals surface area contributed by atoms with Crippen molar-refractivity contribution in [2.45, 2.75) is 76.9 Å². The monoisotopic (exact) mass is 339 g/mol. The Kier molecular flexibility index (Phi) is 6.90. The van der Waals surface area contributed by atoms with Gasteiger partial charge in [-0.1, -0.05) is 20.3 Å². The van der Waals surface area contributed by atoms with Crippen molar-refractivity contribution in [2.24, 2.45) is 5.92 Å². The first-order chi connectivity index (χ1) is 11.4. The minimum Gasteiger partial charge on any atom is -0.480 e. The molecule has 0 saturated heterocycles. The molecule has 0 atom stereocenters. The van der Waals surface area contributed by atoms with Gasteiger partial charge in [0.05, 0.1) is 6.54 Å². The number of carbonyl (C=O) groups excluding carboxylic acids is 1. The molecule has 0 bridgehead atoms. The molecule has 6 heteroatoms. The molecule has 0 spiro atoms. The Hall–Kier alpha value is -1.30. The van der Waals surface area contributed by atoms with Gasteiger partial charge in [-0.3, -0.25) is 9.69 Å². The van der Waals surface area contributed by atoms with Gasteiger partial charge >= 0.3 is 12.0 Å². The van der Waals surface area contributed by atoms with Crippen molar-refractivity contribution in [1.29, 1.82) is 0 Å². The van der Waals surface area contributed by atoms with Crippen molar-refractivity contribution >= 4 is 12.0 Å². The van der Waals surface area contributed by atoms with Crippen molar-refractivity contribution in [2.75, 3.05) is 20.1 Å². The van der Waals surface area contributed by atoms with Crippen LogP contribution in [-0.2, 0) is 4.79 Å². The number of aliphatic carboxylic acids is 1. The molecule has 0 aliphatic heterocycles. The van der Waals surface area contributed by atoms with Crippen molar-refractivity contribution in [1.82, 2.24) is 15.1 Å². The molecule has 0 radical (unpaired) electrons. The van der Waals surface area contributed by atoms with Crippen molar-refractivity contribution in [3.8, 4) is 0 Å². The fourth-order valence-electron chi connectivity index (χ4n) is 4.06. The van der Waals surface area contributed by atoms with Crippen LogP contribution in [0, 0.1) is 5.92 Å². The fraction of sp³-hybridized carbons (Fsp3) is 0.889. The molecule has 2 aliphatic carbocycles. The second-order valence-electron chi connectivity index (χ2n) is 7.42. The first-order valence-corrected chi connectivity index (χ1v) is 9.43. The zero-order valence-electron chi connectivity index (χ0n) is 15.3. The Morgan fingerprint density at radius 3 is 2.21 bits per heavy atom. The Bertz CT molecular complexity index is 429. The third-order valence-corrected chi connectivity index (χ3v) is 5.96.